The highest BCUT2D eigenvalue weighted by Crippen LogP contribution is 2.54. The molecule has 5 heterocycles. The number of rotatable bonds is 7. The summed E-state index contributed by atoms with van der Waals surface area (Å²) in [6, 6.07) is 7.50. The summed E-state index contributed by atoms with van der Waals surface area (Å²) in [7, 11) is 0.899. The van der Waals surface area contributed by atoms with E-state index in [4.69, 9.17) is 5.11 Å². The molecule has 60 heavy (non-hydrogen) atoms. The summed E-state index contributed by atoms with van der Waals surface area (Å²) < 4.78 is 17.4. The van der Waals surface area contributed by atoms with Crippen molar-refractivity contribution in [3.05, 3.63) is 63.7 Å². The summed E-state index contributed by atoms with van der Waals surface area (Å²) in [5.41, 5.74) is 4.06. The van der Waals surface area contributed by atoms with Crippen molar-refractivity contribution in [2.75, 3.05) is 42.2 Å². The molecule has 9 rings (SSSR count). The number of amides is 3. The number of aliphatic hydroxyl groups excluding tert-OH is 1. The van der Waals surface area contributed by atoms with Gasteiger partial charge in [0.25, 0.3) is 5.56 Å². The molecule has 3 aliphatic heterocycles. The number of nitrogens with one attached hydrogen (secondary N) is 4. The van der Waals surface area contributed by atoms with Gasteiger partial charge in [0, 0.05) is 73.5 Å². The molecule has 324 valence electrons. The summed E-state index contributed by atoms with van der Waals surface area (Å²) in [4.78, 5) is 62.2. The number of aryl methyl sites for hydroxylation is 2. The quantitative estimate of drug-likeness (QED) is 0.200. The number of benzene rings is 1. The lowest BCUT2D eigenvalue weighted by atomic mass is 9.96. The molecule has 3 saturated carbocycles. The minimum atomic E-state index is -1.21. The first-order valence-corrected chi connectivity index (χ1v) is 22.9. The van der Waals surface area contributed by atoms with Crippen LogP contribution in [0, 0.1) is 13.8 Å². The predicted octanol–water partition coefficient (Wildman–Crippen LogP) is 5.04. The van der Waals surface area contributed by atoms with Gasteiger partial charge in [-0.15, -0.1) is 0 Å². The van der Waals surface area contributed by atoms with Gasteiger partial charge in [0.05, 0.1) is 16.4 Å². The largest absolute Gasteiger partial charge is 0.393 e. The van der Waals surface area contributed by atoms with E-state index >= 15 is 0 Å². The number of aromatic nitrogens is 3. The Morgan fingerprint density at radius 1 is 0.900 bits per heavy atom. The van der Waals surface area contributed by atoms with Gasteiger partial charge in [0.2, 0.25) is 23.7 Å². The zero-order valence-electron chi connectivity index (χ0n) is 35.4. The molecule has 3 unspecified atom stereocenters. The lowest BCUT2D eigenvalue weighted by Crippen LogP contribution is -2.50. The Labute approximate surface area is 355 Å². The minimum Gasteiger partial charge on any atom is -0.393 e. The zero-order chi connectivity index (χ0) is 42.6. The van der Waals surface area contributed by atoms with Crippen LogP contribution in [0.5, 0.6) is 0 Å². The normalized spacial score (nSPS) is 23.4. The molecule has 3 atom stereocenters. The summed E-state index contributed by atoms with van der Waals surface area (Å²) in [6.07, 6.45) is 17.7. The van der Waals surface area contributed by atoms with Gasteiger partial charge in [-0.3, -0.25) is 24.5 Å². The highest BCUT2D eigenvalue weighted by molar-refractivity contribution is 7.83. The lowest BCUT2D eigenvalue weighted by molar-refractivity contribution is -0.135. The van der Waals surface area contributed by atoms with Gasteiger partial charge < -0.3 is 30.1 Å². The molecule has 2 saturated heterocycles. The van der Waals surface area contributed by atoms with Crippen LogP contribution in [0.25, 0.3) is 0 Å². The number of hydrogen-bond donors (Lipinski definition) is 5. The van der Waals surface area contributed by atoms with Gasteiger partial charge in [0.1, 0.15) is 22.8 Å². The summed E-state index contributed by atoms with van der Waals surface area (Å²) in [6.45, 7) is 8.81. The van der Waals surface area contributed by atoms with Crippen LogP contribution in [0.4, 0.5) is 23.1 Å². The molecule has 2 aromatic heterocycles. The zero-order valence-corrected chi connectivity index (χ0v) is 36.2. The van der Waals surface area contributed by atoms with Crippen LogP contribution in [0.1, 0.15) is 120 Å². The minimum absolute atomic E-state index is 0.0347. The Morgan fingerprint density at radius 3 is 2.25 bits per heavy atom. The molecule has 15 nitrogen and oxygen atoms in total. The van der Waals surface area contributed by atoms with E-state index in [1.807, 2.05) is 32.0 Å². The first-order valence-electron chi connectivity index (χ1n) is 21.8. The monoisotopic (exact) mass is 843 g/mol. The molecule has 5 N–H and O–H groups in total. The molecule has 3 amide bonds. The first kappa shape index (κ1) is 43.6. The number of piperazine rings is 1. The summed E-state index contributed by atoms with van der Waals surface area (Å²) in [5, 5.41) is 17.3. The number of pyridine rings is 1. The number of aliphatic hydroxyl groups is 1. The molecule has 1 aromatic carbocycles. The maximum Gasteiger partial charge on any atom is 0.253 e. The predicted molar refractivity (Wildman–Crippen MR) is 233 cm³/mol. The van der Waals surface area contributed by atoms with Crippen LogP contribution >= 0.6 is 0 Å². The van der Waals surface area contributed by atoms with Gasteiger partial charge in [0.15, 0.2) is 0 Å². The second-order valence-electron chi connectivity index (χ2n) is 17.4. The van der Waals surface area contributed by atoms with E-state index in [0.29, 0.717) is 30.3 Å². The molecule has 3 aromatic rings. The van der Waals surface area contributed by atoms with Crippen molar-refractivity contribution < 1.29 is 23.7 Å². The van der Waals surface area contributed by atoms with Crippen LogP contribution in [0.3, 0.4) is 0 Å². The van der Waals surface area contributed by atoms with Gasteiger partial charge in [-0.05, 0) is 102 Å². The fraction of sp³-hybridized carbons (Fsp3) is 0.591. The maximum absolute atomic E-state index is 12.7. The Balaban J connectivity index is 0.000000158. The third kappa shape index (κ3) is 10.2. The van der Waals surface area contributed by atoms with E-state index in [-0.39, 0.29) is 35.3 Å². The third-order valence-corrected chi connectivity index (χ3v) is 14.2. The molecule has 3 aliphatic carbocycles. The highest BCUT2D eigenvalue weighted by atomic mass is 32.2. The number of piperidine rings is 1. The van der Waals surface area contributed by atoms with Gasteiger partial charge in [-0.1, -0.05) is 38.5 Å². The average molecular weight is 844 g/mol. The van der Waals surface area contributed by atoms with E-state index in [1.165, 1.54) is 43.1 Å². The van der Waals surface area contributed by atoms with Crippen molar-refractivity contribution in [1.29, 1.82) is 0 Å². The molecular formula is C44H61N9O6S. The number of imide groups is 1. The fourth-order valence-corrected chi connectivity index (χ4v) is 9.98. The second kappa shape index (κ2) is 19.0. The number of nitrogens with zero attached hydrogens (tertiary/aromatic N) is 5. The van der Waals surface area contributed by atoms with Gasteiger partial charge in [-0.2, -0.15) is 4.98 Å². The average Bonchev–Trinajstić information content (AvgIpc) is 3.99. The van der Waals surface area contributed by atoms with E-state index in [0.717, 1.165) is 91.1 Å². The third-order valence-electron chi connectivity index (χ3n) is 12.9. The standard InChI is InChI=1S/C21H25N5O2S.C17H24N4O3.C6H12O/c1-13-11-15(29(28)26-14-5-3-2-4-6-14)7-8-17(13)23-20-22-12-16-18(25-20)24-19(27)21(16)9-10-21;1-11-9-21(13-4-5-15(22)18-17(13)24)16(23)8-14(11)20-7-6-19(3)12(2)10-20;7-6-4-2-1-3-5-6/h7-8,11-12,14,26H,2-6,9-10H2,1H3,(H2,22,23,24,25,27);8-9,12-13H,4-7,10H2,1-3H3,(H,18,22,24);6-7H,1-5H2. The number of carbonyl (C=O) groups excluding carboxylic acids is 3. The second-order valence-corrected chi connectivity index (χ2v) is 18.7. The van der Waals surface area contributed by atoms with Crippen LogP contribution in [0.15, 0.2) is 46.3 Å². The number of likely N-dealkylation sites (N-methyl/N-ethyl adjacent to an activating group) is 1. The van der Waals surface area contributed by atoms with Crippen LogP contribution in [-0.2, 0) is 30.8 Å². The molecule has 5 fully saturated rings. The first-order chi connectivity index (χ1) is 28.8. The van der Waals surface area contributed by atoms with E-state index in [2.05, 4.69) is 54.4 Å². The van der Waals surface area contributed by atoms with E-state index in [9.17, 15) is 23.4 Å². The SMILES string of the molecule is Cc1cc(S(=O)NC2CCCCC2)ccc1Nc1ncc2c(n1)NC(=O)C21CC1.Cc1cn(C2CCC(=O)NC2=O)c(=O)cc1N1CCN(C)C(C)C1.OC1CCCCC1. The Hall–Kier alpha value is -4.51. The molecule has 1 spiro atoms. The Kier molecular flexibility index (Phi) is 13.8. The summed E-state index contributed by atoms with van der Waals surface area (Å²) in [5.74, 6) is 0.418. The van der Waals surface area contributed by atoms with E-state index in [1.54, 1.807) is 18.5 Å². The molecule has 16 heteroatoms. The van der Waals surface area contributed by atoms with Crippen molar-refractivity contribution in [1.82, 2.24) is 29.5 Å². The van der Waals surface area contributed by atoms with Crippen LogP contribution < -0.4 is 31.1 Å². The van der Waals surface area contributed by atoms with Crippen molar-refractivity contribution in [2.24, 2.45) is 0 Å². The summed E-state index contributed by atoms with van der Waals surface area (Å²) >= 11 is 0. The number of hydrogen-bond acceptors (Lipinski definition) is 11. The van der Waals surface area contributed by atoms with Crippen molar-refractivity contribution in [3.8, 4) is 0 Å². The number of fused-ring (bicyclic) bond motifs is 2. The molecule has 6 aliphatic rings. The van der Waals surface area contributed by atoms with Gasteiger partial charge in [-0.25, -0.2) is 13.9 Å². The van der Waals surface area contributed by atoms with Crippen LogP contribution in [0.2, 0.25) is 0 Å². The number of anilines is 4. The number of carbonyl (C=O) groups is 3. The van der Waals surface area contributed by atoms with Crippen molar-refractivity contribution in [2.45, 2.75) is 145 Å². The molecule has 0 radical (unpaired) electrons. The molecule has 0 bridgehead atoms. The Bertz CT molecular complexity index is 2150. The topological polar surface area (TPSA) is 191 Å². The van der Waals surface area contributed by atoms with Crippen molar-refractivity contribution >= 4 is 51.8 Å². The fourth-order valence-electron chi connectivity index (χ4n) is 8.83. The Morgan fingerprint density at radius 2 is 1.62 bits per heavy atom. The van der Waals surface area contributed by atoms with Gasteiger partial charge >= 0.3 is 0 Å². The van der Waals surface area contributed by atoms with Crippen LogP contribution in [-0.4, -0.2) is 91.3 Å². The van der Waals surface area contributed by atoms with Crippen molar-refractivity contribution in [3.63, 3.8) is 0 Å². The lowest BCUT2D eigenvalue weighted by Gasteiger charge is -2.39. The molecular weight excluding hydrogens is 783 g/mol. The maximum atomic E-state index is 12.7. The smallest absolute Gasteiger partial charge is 0.253 e. The van der Waals surface area contributed by atoms with E-state index < -0.39 is 22.9 Å². The highest BCUT2D eigenvalue weighted by Gasteiger charge is 2.57.